The minimum Gasteiger partial charge on any atom is -0.494 e. The van der Waals surface area contributed by atoms with Crippen molar-refractivity contribution in [3.05, 3.63) is 76.9 Å². The van der Waals surface area contributed by atoms with Gasteiger partial charge in [-0.05, 0) is 80.1 Å². The summed E-state index contributed by atoms with van der Waals surface area (Å²) in [7, 11) is 0. The fourth-order valence-corrected chi connectivity index (χ4v) is 3.64. The molecule has 1 atom stereocenters. The van der Waals surface area contributed by atoms with Gasteiger partial charge in [-0.25, -0.2) is 9.59 Å². The number of benzene rings is 2. The van der Waals surface area contributed by atoms with Crippen LogP contribution in [0.15, 0.2) is 60.2 Å². The molecule has 1 unspecified atom stereocenters. The third-order valence-corrected chi connectivity index (χ3v) is 5.58. The Morgan fingerprint density at radius 1 is 0.971 bits per heavy atom. The Hall–Kier alpha value is -3.38. The SMILES string of the molecule is CCOc1ccc(C(=O)Oc2c(C)cc(C(C)(C)C)cc2OC(=O)C2=CCC(OCC)C=C2)cc1. The highest BCUT2D eigenvalue weighted by molar-refractivity contribution is 5.95. The van der Waals surface area contributed by atoms with Crippen LogP contribution in [0.3, 0.4) is 0 Å². The first kappa shape index (κ1) is 26.2. The summed E-state index contributed by atoms with van der Waals surface area (Å²) < 4.78 is 22.6. The summed E-state index contributed by atoms with van der Waals surface area (Å²) in [6, 6.07) is 10.4. The lowest BCUT2D eigenvalue weighted by Gasteiger charge is -2.23. The zero-order valence-electron chi connectivity index (χ0n) is 21.3. The Kier molecular flexibility index (Phi) is 8.52. The molecule has 0 heterocycles. The van der Waals surface area contributed by atoms with E-state index in [0.29, 0.717) is 42.1 Å². The van der Waals surface area contributed by atoms with Crippen LogP contribution in [-0.4, -0.2) is 31.3 Å². The maximum Gasteiger partial charge on any atom is 0.343 e. The molecule has 35 heavy (non-hydrogen) atoms. The van der Waals surface area contributed by atoms with E-state index in [9.17, 15) is 9.59 Å². The molecule has 1 aliphatic rings. The molecule has 6 nitrogen and oxygen atoms in total. The fraction of sp³-hybridized carbons (Fsp3) is 0.379. The van der Waals surface area contributed by atoms with Crippen molar-refractivity contribution in [1.29, 1.82) is 0 Å². The van der Waals surface area contributed by atoms with Crippen molar-refractivity contribution in [2.75, 3.05) is 13.2 Å². The summed E-state index contributed by atoms with van der Waals surface area (Å²) in [5.74, 6) is 0.0383. The van der Waals surface area contributed by atoms with E-state index < -0.39 is 11.9 Å². The maximum absolute atomic E-state index is 13.0. The molecular weight excluding hydrogens is 444 g/mol. The lowest BCUT2D eigenvalue weighted by atomic mass is 9.86. The van der Waals surface area contributed by atoms with Gasteiger partial charge >= 0.3 is 11.9 Å². The van der Waals surface area contributed by atoms with Crippen molar-refractivity contribution in [2.45, 2.75) is 59.5 Å². The van der Waals surface area contributed by atoms with E-state index in [1.165, 1.54) is 0 Å². The normalized spacial score (nSPS) is 15.4. The van der Waals surface area contributed by atoms with Crippen molar-refractivity contribution >= 4 is 11.9 Å². The van der Waals surface area contributed by atoms with E-state index in [4.69, 9.17) is 18.9 Å². The Balaban J connectivity index is 1.88. The van der Waals surface area contributed by atoms with Crippen LogP contribution in [0.5, 0.6) is 17.2 Å². The average molecular weight is 479 g/mol. The van der Waals surface area contributed by atoms with E-state index in [1.54, 1.807) is 42.5 Å². The summed E-state index contributed by atoms with van der Waals surface area (Å²) in [5.41, 5.74) is 2.26. The van der Waals surface area contributed by atoms with Crippen LogP contribution in [0.1, 0.15) is 62.5 Å². The van der Waals surface area contributed by atoms with Gasteiger partial charge in [-0.2, -0.15) is 0 Å². The fourth-order valence-electron chi connectivity index (χ4n) is 3.64. The molecule has 0 saturated heterocycles. The number of esters is 2. The molecule has 0 saturated carbocycles. The molecule has 0 bridgehead atoms. The molecule has 0 aliphatic heterocycles. The molecule has 186 valence electrons. The van der Waals surface area contributed by atoms with Crippen LogP contribution in [0.2, 0.25) is 0 Å². The first-order chi connectivity index (χ1) is 16.6. The van der Waals surface area contributed by atoms with Crippen molar-refractivity contribution in [3.63, 3.8) is 0 Å². The van der Waals surface area contributed by atoms with E-state index in [-0.39, 0.29) is 23.0 Å². The van der Waals surface area contributed by atoms with Gasteiger partial charge in [-0.1, -0.05) is 39.0 Å². The van der Waals surface area contributed by atoms with Crippen molar-refractivity contribution in [2.24, 2.45) is 0 Å². The van der Waals surface area contributed by atoms with Crippen LogP contribution in [0.4, 0.5) is 0 Å². The highest BCUT2D eigenvalue weighted by Crippen LogP contribution is 2.38. The Labute approximate surface area is 207 Å². The first-order valence-corrected chi connectivity index (χ1v) is 11.9. The highest BCUT2D eigenvalue weighted by Gasteiger charge is 2.24. The molecule has 0 fully saturated rings. The Morgan fingerprint density at radius 3 is 2.26 bits per heavy atom. The summed E-state index contributed by atoms with van der Waals surface area (Å²) in [6.07, 6.45) is 5.90. The number of aryl methyl sites for hydroxylation is 1. The van der Waals surface area contributed by atoms with Gasteiger partial charge in [-0.3, -0.25) is 0 Å². The second-order valence-electron chi connectivity index (χ2n) is 9.35. The largest absolute Gasteiger partial charge is 0.494 e. The lowest BCUT2D eigenvalue weighted by Crippen LogP contribution is -2.19. The summed E-state index contributed by atoms with van der Waals surface area (Å²) in [5, 5.41) is 0. The number of rotatable bonds is 8. The number of hydrogen-bond acceptors (Lipinski definition) is 6. The number of carbonyl (C=O) groups is 2. The van der Waals surface area contributed by atoms with Crippen molar-refractivity contribution < 1.29 is 28.5 Å². The second kappa shape index (κ2) is 11.4. The lowest BCUT2D eigenvalue weighted by molar-refractivity contribution is -0.129. The molecule has 2 aromatic carbocycles. The molecule has 0 N–H and O–H groups in total. The van der Waals surface area contributed by atoms with E-state index in [0.717, 1.165) is 5.56 Å². The Morgan fingerprint density at radius 2 is 1.69 bits per heavy atom. The van der Waals surface area contributed by atoms with Gasteiger partial charge in [0.2, 0.25) is 0 Å². The van der Waals surface area contributed by atoms with E-state index in [1.807, 2.05) is 32.9 Å². The zero-order chi connectivity index (χ0) is 25.6. The predicted octanol–water partition coefficient (Wildman–Crippen LogP) is 6.11. The smallest absolute Gasteiger partial charge is 0.343 e. The Bertz CT molecular complexity index is 1120. The van der Waals surface area contributed by atoms with Crippen LogP contribution in [0.25, 0.3) is 0 Å². The van der Waals surface area contributed by atoms with Crippen molar-refractivity contribution in [1.82, 2.24) is 0 Å². The van der Waals surface area contributed by atoms with Gasteiger partial charge in [0.15, 0.2) is 11.5 Å². The third-order valence-electron chi connectivity index (χ3n) is 5.58. The van der Waals surface area contributed by atoms with Gasteiger partial charge in [0.1, 0.15) is 5.75 Å². The molecule has 6 heteroatoms. The van der Waals surface area contributed by atoms with Crippen molar-refractivity contribution in [3.8, 4) is 17.2 Å². The second-order valence-corrected chi connectivity index (χ2v) is 9.35. The van der Waals surface area contributed by atoms with Crippen LogP contribution >= 0.6 is 0 Å². The predicted molar refractivity (Wildman–Crippen MR) is 135 cm³/mol. The van der Waals surface area contributed by atoms with Gasteiger partial charge in [-0.15, -0.1) is 0 Å². The first-order valence-electron chi connectivity index (χ1n) is 11.9. The monoisotopic (exact) mass is 478 g/mol. The minimum absolute atomic E-state index is 0.0476. The zero-order valence-corrected chi connectivity index (χ0v) is 21.3. The average Bonchev–Trinajstić information content (AvgIpc) is 2.81. The molecule has 3 rings (SSSR count). The topological polar surface area (TPSA) is 71.1 Å². The minimum atomic E-state index is -0.548. The summed E-state index contributed by atoms with van der Waals surface area (Å²) >= 11 is 0. The van der Waals surface area contributed by atoms with Gasteiger partial charge in [0.25, 0.3) is 0 Å². The summed E-state index contributed by atoms with van der Waals surface area (Å²) in [6.45, 7) is 13.0. The number of ether oxygens (including phenoxy) is 4. The molecule has 2 aromatic rings. The van der Waals surface area contributed by atoms with Gasteiger partial charge in [0.05, 0.1) is 23.8 Å². The molecular formula is C29H34O6. The third kappa shape index (κ3) is 6.83. The molecule has 0 radical (unpaired) electrons. The molecule has 0 aromatic heterocycles. The number of hydrogen-bond donors (Lipinski definition) is 0. The summed E-state index contributed by atoms with van der Waals surface area (Å²) in [4.78, 5) is 25.9. The van der Waals surface area contributed by atoms with Crippen LogP contribution in [0, 0.1) is 6.92 Å². The van der Waals surface area contributed by atoms with Crippen LogP contribution < -0.4 is 14.2 Å². The number of carbonyl (C=O) groups excluding carboxylic acids is 2. The standard InChI is InChI=1S/C29H34O6/c1-7-32-23-13-9-20(10-14-23)27(30)34-25-18-22(29(4,5)6)17-19(3)26(25)35-28(31)21-11-15-24(16-12-21)33-8-2/h9-13,15-18,23H,7-8,14H2,1-6H3. The maximum atomic E-state index is 13.0. The van der Waals surface area contributed by atoms with Gasteiger partial charge in [0, 0.05) is 6.61 Å². The molecule has 0 amide bonds. The van der Waals surface area contributed by atoms with Gasteiger partial charge < -0.3 is 18.9 Å². The van der Waals surface area contributed by atoms with E-state index in [2.05, 4.69) is 20.8 Å². The quantitative estimate of drug-likeness (QED) is 0.337. The molecule has 1 aliphatic carbocycles. The highest BCUT2D eigenvalue weighted by atomic mass is 16.6. The van der Waals surface area contributed by atoms with Crippen LogP contribution in [-0.2, 0) is 14.9 Å². The molecule has 0 spiro atoms. The van der Waals surface area contributed by atoms with E-state index >= 15 is 0 Å².